The molecule has 1 aliphatic heterocycles. The SMILES string of the molecule is CNCCC1CCN(C(C)C(=O)N(C)Cc2ccc3cc(OC)ccc3c2)CC1.Cl. The summed E-state index contributed by atoms with van der Waals surface area (Å²) in [5.74, 6) is 1.85. The monoisotopic (exact) mass is 433 g/mol. The summed E-state index contributed by atoms with van der Waals surface area (Å²) >= 11 is 0. The Labute approximate surface area is 187 Å². The lowest BCUT2D eigenvalue weighted by molar-refractivity contribution is -0.136. The predicted molar refractivity (Wildman–Crippen MR) is 127 cm³/mol. The zero-order chi connectivity index (χ0) is 20.8. The zero-order valence-electron chi connectivity index (χ0n) is 18.7. The van der Waals surface area contributed by atoms with Gasteiger partial charge < -0.3 is 15.0 Å². The van der Waals surface area contributed by atoms with Gasteiger partial charge in [-0.15, -0.1) is 12.4 Å². The Bertz CT molecular complexity index is 821. The minimum absolute atomic E-state index is 0. The topological polar surface area (TPSA) is 44.8 Å². The molecule has 6 heteroatoms. The summed E-state index contributed by atoms with van der Waals surface area (Å²) in [5.41, 5.74) is 1.15. The average molecular weight is 434 g/mol. The van der Waals surface area contributed by atoms with E-state index < -0.39 is 0 Å². The summed E-state index contributed by atoms with van der Waals surface area (Å²) < 4.78 is 5.30. The normalized spacial score (nSPS) is 16.1. The summed E-state index contributed by atoms with van der Waals surface area (Å²) in [6, 6.07) is 12.4. The molecule has 3 rings (SSSR count). The van der Waals surface area contributed by atoms with Crippen molar-refractivity contribution >= 4 is 29.1 Å². The van der Waals surface area contributed by atoms with E-state index in [-0.39, 0.29) is 24.4 Å². The van der Waals surface area contributed by atoms with Gasteiger partial charge in [-0.05, 0) is 93.3 Å². The van der Waals surface area contributed by atoms with Crippen LogP contribution in [0.4, 0.5) is 0 Å². The maximum absolute atomic E-state index is 13.0. The highest BCUT2D eigenvalue weighted by Gasteiger charge is 2.28. The number of methoxy groups -OCH3 is 1. The van der Waals surface area contributed by atoms with Crippen LogP contribution < -0.4 is 10.1 Å². The molecule has 0 radical (unpaired) electrons. The third-order valence-corrected chi connectivity index (χ3v) is 6.26. The van der Waals surface area contributed by atoms with Crippen molar-refractivity contribution in [2.45, 2.75) is 38.8 Å². The summed E-state index contributed by atoms with van der Waals surface area (Å²) in [5, 5.41) is 5.56. The number of likely N-dealkylation sites (tertiary alicyclic amines) is 1. The fourth-order valence-corrected chi connectivity index (χ4v) is 4.30. The van der Waals surface area contributed by atoms with Crippen LogP contribution in [0.3, 0.4) is 0 Å². The van der Waals surface area contributed by atoms with Crippen LogP contribution >= 0.6 is 12.4 Å². The first kappa shape index (κ1) is 24.4. The first-order chi connectivity index (χ1) is 14.0. The van der Waals surface area contributed by atoms with E-state index in [0.29, 0.717) is 6.54 Å². The highest BCUT2D eigenvalue weighted by atomic mass is 35.5. The molecular formula is C24H36ClN3O2. The van der Waals surface area contributed by atoms with Crippen LogP contribution in [0.1, 0.15) is 31.7 Å². The lowest BCUT2D eigenvalue weighted by Crippen LogP contribution is -2.48. The van der Waals surface area contributed by atoms with Crippen LogP contribution in [0.25, 0.3) is 10.8 Å². The van der Waals surface area contributed by atoms with Crippen LogP contribution in [0.2, 0.25) is 0 Å². The Kier molecular flexibility index (Phi) is 9.40. The quantitative estimate of drug-likeness (QED) is 0.684. The molecule has 1 unspecified atom stereocenters. The molecule has 2 aromatic rings. The number of likely N-dealkylation sites (N-methyl/N-ethyl adjacent to an activating group) is 1. The number of benzene rings is 2. The number of carbonyl (C=O) groups excluding carboxylic acids is 1. The van der Waals surface area contributed by atoms with Gasteiger partial charge >= 0.3 is 0 Å². The van der Waals surface area contributed by atoms with E-state index in [1.165, 1.54) is 24.6 Å². The standard InChI is InChI=1S/C24H35N3O2.ClH/c1-18(27-13-10-19(11-14-27)9-12-25-2)24(28)26(3)17-20-5-6-22-16-23(29-4)8-7-21(22)15-20;/h5-8,15-16,18-19,25H,9-14,17H2,1-4H3;1H. The Balaban J connectivity index is 0.00000320. The third-order valence-electron chi connectivity index (χ3n) is 6.26. The maximum Gasteiger partial charge on any atom is 0.239 e. The van der Waals surface area contributed by atoms with Crippen molar-refractivity contribution < 1.29 is 9.53 Å². The van der Waals surface area contributed by atoms with Gasteiger partial charge in [-0.1, -0.05) is 18.2 Å². The number of amides is 1. The predicted octanol–water partition coefficient (Wildman–Crippen LogP) is 3.94. The second-order valence-corrected chi connectivity index (χ2v) is 8.29. The molecule has 1 amide bonds. The average Bonchev–Trinajstić information content (AvgIpc) is 2.76. The fourth-order valence-electron chi connectivity index (χ4n) is 4.30. The van der Waals surface area contributed by atoms with Crippen LogP contribution in [0.5, 0.6) is 5.75 Å². The molecule has 0 aromatic heterocycles. The zero-order valence-corrected chi connectivity index (χ0v) is 19.5. The molecule has 1 heterocycles. The van der Waals surface area contributed by atoms with Crippen molar-refractivity contribution in [2.24, 2.45) is 5.92 Å². The van der Waals surface area contributed by atoms with Gasteiger partial charge in [0.2, 0.25) is 5.91 Å². The van der Waals surface area contributed by atoms with Gasteiger partial charge in [-0.3, -0.25) is 9.69 Å². The molecule has 1 fully saturated rings. The summed E-state index contributed by atoms with van der Waals surface area (Å²) in [7, 11) is 5.61. The highest BCUT2D eigenvalue weighted by Crippen LogP contribution is 2.24. The number of nitrogens with zero attached hydrogens (tertiary/aromatic N) is 2. The number of nitrogens with one attached hydrogen (secondary N) is 1. The van der Waals surface area contributed by atoms with Crippen molar-refractivity contribution in [3.63, 3.8) is 0 Å². The van der Waals surface area contributed by atoms with Crippen molar-refractivity contribution in [3.8, 4) is 5.75 Å². The van der Waals surface area contributed by atoms with E-state index in [1.807, 2.05) is 31.1 Å². The van der Waals surface area contributed by atoms with E-state index in [4.69, 9.17) is 4.74 Å². The summed E-state index contributed by atoms with van der Waals surface area (Å²) in [4.78, 5) is 17.2. The van der Waals surface area contributed by atoms with Gasteiger partial charge in [0.15, 0.2) is 0 Å². The first-order valence-corrected chi connectivity index (χ1v) is 10.7. The minimum atomic E-state index is -0.0602. The molecule has 2 aromatic carbocycles. The molecule has 5 nitrogen and oxygen atoms in total. The van der Waals surface area contributed by atoms with E-state index in [2.05, 4.69) is 41.4 Å². The van der Waals surface area contributed by atoms with Crippen LogP contribution in [-0.4, -0.2) is 62.6 Å². The number of hydrogen-bond acceptors (Lipinski definition) is 4. The number of hydrogen-bond donors (Lipinski definition) is 1. The molecular weight excluding hydrogens is 398 g/mol. The number of fused-ring (bicyclic) bond motifs is 1. The van der Waals surface area contributed by atoms with Gasteiger partial charge in [0.25, 0.3) is 0 Å². The first-order valence-electron chi connectivity index (χ1n) is 10.7. The number of ether oxygens (including phenoxy) is 1. The molecule has 30 heavy (non-hydrogen) atoms. The number of carbonyl (C=O) groups is 1. The molecule has 166 valence electrons. The summed E-state index contributed by atoms with van der Waals surface area (Å²) in [6.07, 6.45) is 3.62. The number of rotatable bonds is 8. The van der Waals surface area contributed by atoms with Crippen molar-refractivity contribution in [1.29, 1.82) is 0 Å². The van der Waals surface area contributed by atoms with Gasteiger partial charge in [0.1, 0.15) is 5.75 Å². The molecule has 1 atom stereocenters. The molecule has 0 bridgehead atoms. The molecule has 0 aliphatic carbocycles. The van der Waals surface area contributed by atoms with Crippen molar-refractivity contribution in [1.82, 2.24) is 15.1 Å². The molecule has 0 spiro atoms. The van der Waals surface area contributed by atoms with Gasteiger partial charge in [0.05, 0.1) is 13.2 Å². The number of piperidine rings is 1. The van der Waals surface area contributed by atoms with E-state index in [9.17, 15) is 4.79 Å². The molecule has 1 aliphatic rings. The molecule has 1 saturated heterocycles. The van der Waals surface area contributed by atoms with E-state index in [1.54, 1.807) is 7.11 Å². The lowest BCUT2D eigenvalue weighted by Gasteiger charge is -2.36. The minimum Gasteiger partial charge on any atom is -0.497 e. The van der Waals surface area contributed by atoms with E-state index >= 15 is 0 Å². The van der Waals surface area contributed by atoms with Gasteiger partial charge in [-0.25, -0.2) is 0 Å². The van der Waals surface area contributed by atoms with Crippen molar-refractivity contribution in [3.05, 3.63) is 42.0 Å². The maximum atomic E-state index is 13.0. The Morgan fingerprint density at radius 1 is 1.20 bits per heavy atom. The van der Waals surface area contributed by atoms with E-state index in [0.717, 1.165) is 42.3 Å². The van der Waals surface area contributed by atoms with Gasteiger partial charge in [-0.2, -0.15) is 0 Å². The Hall–Kier alpha value is -1.82. The molecule has 0 saturated carbocycles. The second kappa shape index (κ2) is 11.5. The van der Waals surface area contributed by atoms with Crippen LogP contribution in [-0.2, 0) is 11.3 Å². The van der Waals surface area contributed by atoms with Gasteiger partial charge in [0, 0.05) is 13.6 Å². The largest absolute Gasteiger partial charge is 0.497 e. The van der Waals surface area contributed by atoms with Crippen LogP contribution in [0, 0.1) is 5.92 Å². The van der Waals surface area contributed by atoms with Crippen molar-refractivity contribution in [2.75, 3.05) is 40.8 Å². The second-order valence-electron chi connectivity index (χ2n) is 8.29. The lowest BCUT2D eigenvalue weighted by atomic mass is 9.92. The fraction of sp³-hybridized carbons (Fsp3) is 0.542. The number of halogens is 1. The highest BCUT2D eigenvalue weighted by molar-refractivity contribution is 5.85. The third kappa shape index (κ3) is 6.10. The Morgan fingerprint density at radius 2 is 1.87 bits per heavy atom. The summed E-state index contributed by atoms with van der Waals surface area (Å²) in [6.45, 7) is 5.81. The van der Waals surface area contributed by atoms with Crippen LogP contribution in [0.15, 0.2) is 36.4 Å². The Morgan fingerprint density at radius 3 is 2.53 bits per heavy atom. The molecule has 1 N–H and O–H groups in total. The smallest absolute Gasteiger partial charge is 0.239 e.